The second-order valence-corrected chi connectivity index (χ2v) is 4.34. The molecule has 0 bridgehead atoms. The first-order valence-electron chi connectivity index (χ1n) is 6.19. The minimum atomic E-state index is -4.87. The Labute approximate surface area is 119 Å². The topological polar surface area (TPSA) is 45.6 Å². The summed E-state index contributed by atoms with van der Waals surface area (Å²) in [6.07, 6.45) is 0.167. The zero-order chi connectivity index (χ0) is 15.3. The first-order valence-corrected chi connectivity index (χ1v) is 6.19. The summed E-state index contributed by atoms with van der Waals surface area (Å²) in [4.78, 5) is 20.7. The van der Waals surface area contributed by atoms with Crippen LogP contribution in [0.2, 0.25) is 0 Å². The molecule has 0 aromatic carbocycles. The molecule has 0 spiro atoms. The maximum atomic E-state index is 12.0. The molecule has 2 heterocycles. The molecule has 0 radical (unpaired) electrons. The predicted molar refractivity (Wildman–Crippen MR) is 70.7 cm³/mol. The van der Waals surface area contributed by atoms with Gasteiger partial charge in [0.25, 0.3) is 5.78 Å². The number of rotatable bonds is 4. The van der Waals surface area contributed by atoms with Gasteiger partial charge >= 0.3 is 6.18 Å². The van der Waals surface area contributed by atoms with Crippen molar-refractivity contribution in [3.63, 3.8) is 0 Å². The largest absolute Gasteiger partial charge is 0.454 e. The van der Waals surface area contributed by atoms with Crippen molar-refractivity contribution in [3.8, 4) is 0 Å². The van der Waals surface area contributed by atoms with Crippen LogP contribution in [0.1, 0.15) is 5.56 Å². The van der Waals surface area contributed by atoms with Gasteiger partial charge in [-0.15, -0.1) is 5.73 Å². The summed E-state index contributed by atoms with van der Waals surface area (Å²) in [6.45, 7) is 1.77. The van der Waals surface area contributed by atoms with Crippen LogP contribution in [0.4, 0.5) is 13.2 Å². The fourth-order valence-electron chi connectivity index (χ4n) is 1.78. The lowest BCUT2D eigenvalue weighted by atomic mass is 10.2. The molecule has 0 unspecified atom stereocenters. The van der Waals surface area contributed by atoms with Crippen LogP contribution in [0.5, 0.6) is 0 Å². The molecule has 0 amide bonds. The summed E-state index contributed by atoms with van der Waals surface area (Å²) in [5.41, 5.74) is 3.21. The summed E-state index contributed by atoms with van der Waals surface area (Å²) < 4.78 is 36.1. The van der Waals surface area contributed by atoms with Crippen molar-refractivity contribution in [2.45, 2.75) is 12.7 Å². The van der Waals surface area contributed by atoms with Crippen LogP contribution in [0.15, 0.2) is 47.4 Å². The Morgan fingerprint density at radius 1 is 1.48 bits per heavy atom. The van der Waals surface area contributed by atoms with Crippen molar-refractivity contribution in [3.05, 3.63) is 48.0 Å². The van der Waals surface area contributed by atoms with Crippen LogP contribution >= 0.6 is 0 Å². The van der Waals surface area contributed by atoms with Crippen molar-refractivity contribution in [1.29, 1.82) is 0 Å². The molecule has 0 saturated heterocycles. The molecule has 1 aromatic heterocycles. The number of carbonyl (C=O) groups excluding carboxylic acids is 1. The third-order valence-corrected chi connectivity index (χ3v) is 2.77. The lowest BCUT2D eigenvalue weighted by Gasteiger charge is -2.17. The number of hydrogen-bond donors (Lipinski definition) is 0. The molecule has 0 saturated carbocycles. The quantitative estimate of drug-likeness (QED) is 0.631. The maximum absolute atomic E-state index is 12.0. The second-order valence-electron chi connectivity index (χ2n) is 4.34. The molecule has 0 N–H and O–H groups in total. The van der Waals surface area contributed by atoms with Gasteiger partial charge in [-0.25, -0.2) is 0 Å². The van der Waals surface area contributed by atoms with Gasteiger partial charge in [-0.3, -0.25) is 14.8 Å². The SMILES string of the molecule is O=C(C=C=CC1=NCCN1Cc1cccnc1)C(F)(F)F. The minimum Gasteiger partial charge on any atom is -0.350 e. The fourth-order valence-corrected chi connectivity index (χ4v) is 1.78. The normalized spacial score (nSPS) is 14.4. The fraction of sp³-hybridized carbons (Fsp3) is 0.286. The third-order valence-electron chi connectivity index (χ3n) is 2.77. The highest BCUT2D eigenvalue weighted by Gasteiger charge is 2.36. The Balaban J connectivity index is 2.03. The van der Waals surface area contributed by atoms with Gasteiger partial charge in [0.15, 0.2) is 0 Å². The van der Waals surface area contributed by atoms with Crippen LogP contribution < -0.4 is 0 Å². The van der Waals surface area contributed by atoms with Gasteiger partial charge in [0.2, 0.25) is 0 Å². The molecular weight excluding hydrogens is 283 g/mol. The van der Waals surface area contributed by atoms with Crippen LogP contribution in [0.3, 0.4) is 0 Å². The summed E-state index contributed by atoms with van der Waals surface area (Å²) in [6, 6.07) is 3.70. The predicted octanol–water partition coefficient (Wildman–Crippen LogP) is 2.14. The number of halogens is 3. The molecule has 1 aromatic rings. The van der Waals surface area contributed by atoms with Crippen molar-refractivity contribution in [1.82, 2.24) is 9.88 Å². The van der Waals surface area contributed by atoms with Crippen LogP contribution in [-0.2, 0) is 11.3 Å². The molecule has 4 nitrogen and oxygen atoms in total. The standard InChI is InChI=1S/C14H12F3N3O/c15-14(16,17)12(21)4-1-5-13-19-7-8-20(13)10-11-3-2-6-18-9-11/h2-6,9H,7-8,10H2. The average molecular weight is 295 g/mol. The van der Waals surface area contributed by atoms with E-state index in [2.05, 4.69) is 15.7 Å². The molecule has 1 aliphatic rings. The van der Waals surface area contributed by atoms with Crippen LogP contribution in [0, 0.1) is 0 Å². The van der Waals surface area contributed by atoms with Crippen molar-refractivity contribution >= 4 is 11.6 Å². The van der Waals surface area contributed by atoms with Crippen LogP contribution in [-0.4, -0.2) is 40.8 Å². The van der Waals surface area contributed by atoms with E-state index in [1.54, 1.807) is 18.5 Å². The van der Waals surface area contributed by atoms with Gasteiger partial charge in [-0.2, -0.15) is 13.2 Å². The number of aliphatic imine (C=N–C) groups is 1. The van der Waals surface area contributed by atoms with Gasteiger partial charge in [0, 0.05) is 37.6 Å². The Hall–Kier alpha value is -2.40. The summed E-state index contributed by atoms with van der Waals surface area (Å²) in [5, 5.41) is 0. The highest BCUT2D eigenvalue weighted by atomic mass is 19.4. The number of alkyl halides is 3. The summed E-state index contributed by atoms with van der Waals surface area (Å²) in [5.74, 6) is -1.43. The van der Waals surface area contributed by atoms with E-state index in [0.717, 1.165) is 5.56 Å². The first kappa shape index (κ1) is 15.0. The zero-order valence-electron chi connectivity index (χ0n) is 11.0. The van der Waals surface area contributed by atoms with E-state index in [9.17, 15) is 18.0 Å². The van der Waals surface area contributed by atoms with E-state index in [1.807, 2.05) is 11.0 Å². The lowest BCUT2D eigenvalue weighted by Crippen LogP contribution is -2.25. The van der Waals surface area contributed by atoms with Crippen molar-refractivity contribution < 1.29 is 18.0 Å². The van der Waals surface area contributed by atoms with E-state index in [4.69, 9.17) is 0 Å². The molecule has 0 atom stereocenters. The number of aromatic nitrogens is 1. The number of pyridine rings is 1. The number of nitrogens with zero attached hydrogens (tertiary/aromatic N) is 3. The highest BCUT2D eigenvalue weighted by molar-refractivity contribution is 5.97. The average Bonchev–Trinajstić information content (AvgIpc) is 2.86. The molecular formula is C14H12F3N3O. The Kier molecular flexibility index (Phi) is 4.55. The monoisotopic (exact) mass is 295 g/mol. The molecule has 2 rings (SSSR count). The second kappa shape index (κ2) is 6.37. The zero-order valence-corrected chi connectivity index (χ0v) is 11.0. The number of ketones is 1. The number of hydrogen-bond acceptors (Lipinski definition) is 4. The van der Waals surface area contributed by atoms with Gasteiger partial charge < -0.3 is 4.90 Å². The van der Waals surface area contributed by atoms with E-state index >= 15 is 0 Å². The minimum absolute atomic E-state index is 0.378. The van der Waals surface area contributed by atoms with E-state index in [-0.39, 0.29) is 0 Å². The third kappa shape index (κ3) is 4.29. The smallest absolute Gasteiger partial charge is 0.350 e. The Morgan fingerprint density at radius 3 is 2.95 bits per heavy atom. The van der Waals surface area contributed by atoms with Crippen molar-refractivity contribution in [2.75, 3.05) is 13.1 Å². The van der Waals surface area contributed by atoms with Gasteiger partial charge in [-0.05, 0) is 11.6 Å². The Bertz CT molecular complexity index is 602. The molecule has 110 valence electrons. The van der Waals surface area contributed by atoms with E-state index < -0.39 is 12.0 Å². The first-order chi connectivity index (χ1) is 9.97. The van der Waals surface area contributed by atoms with Gasteiger partial charge in [0.05, 0.1) is 6.54 Å². The lowest BCUT2D eigenvalue weighted by molar-refractivity contribution is -0.165. The number of amidine groups is 1. The van der Waals surface area contributed by atoms with E-state index in [1.165, 1.54) is 6.08 Å². The maximum Gasteiger partial charge on any atom is 0.454 e. The number of carbonyl (C=O) groups is 1. The van der Waals surface area contributed by atoms with Gasteiger partial charge in [-0.1, -0.05) is 6.07 Å². The molecule has 1 aliphatic heterocycles. The Morgan fingerprint density at radius 2 is 2.29 bits per heavy atom. The molecule has 0 aliphatic carbocycles. The molecule has 7 heteroatoms. The van der Waals surface area contributed by atoms with E-state index in [0.29, 0.717) is 31.5 Å². The van der Waals surface area contributed by atoms with Crippen molar-refractivity contribution in [2.24, 2.45) is 4.99 Å². The summed E-state index contributed by atoms with van der Waals surface area (Å²) in [7, 11) is 0. The molecule has 0 fully saturated rings. The summed E-state index contributed by atoms with van der Waals surface area (Å²) >= 11 is 0. The van der Waals surface area contributed by atoms with Gasteiger partial charge in [0.1, 0.15) is 5.84 Å². The molecule has 21 heavy (non-hydrogen) atoms. The van der Waals surface area contributed by atoms with Crippen LogP contribution in [0.25, 0.3) is 0 Å². The highest BCUT2D eigenvalue weighted by Crippen LogP contribution is 2.16.